The van der Waals surface area contributed by atoms with Gasteiger partial charge >= 0.3 is 0 Å². The highest BCUT2D eigenvalue weighted by Gasteiger charge is 2.44. The number of rotatable bonds is 4. The van der Waals surface area contributed by atoms with Crippen molar-refractivity contribution < 1.29 is 9.18 Å². The third-order valence-corrected chi connectivity index (χ3v) is 7.31. The molecule has 0 spiro atoms. The lowest BCUT2D eigenvalue weighted by atomic mass is 9.99. The minimum absolute atomic E-state index is 0.0634. The predicted octanol–water partition coefficient (Wildman–Crippen LogP) is 4.06. The van der Waals surface area contributed by atoms with Gasteiger partial charge in [0.2, 0.25) is 0 Å². The van der Waals surface area contributed by atoms with Crippen molar-refractivity contribution in [2.24, 2.45) is 0 Å². The first-order valence-corrected chi connectivity index (χ1v) is 11.4. The highest BCUT2D eigenvalue weighted by atomic mass is 35.5. The van der Waals surface area contributed by atoms with E-state index in [0.717, 1.165) is 37.4 Å². The van der Waals surface area contributed by atoms with Crippen LogP contribution in [0.1, 0.15) is 22.2 Å². The average molecular weight is 458 g/mol. The molecule has 9 heteroatoms. The molecule has 2 unspecified atom stereocenters. The Balaban J connectivity index is 1.41. The Morgan fingerprint density at radius 3 is 2.48 bits per heavy atom. The van der Waals surface area contributed by atoms with Gasteiger partial charge in [0.15, 0.2) is 5.16 Å². The number of hydrogen-bond donors (Lipinski definition) is 0. The molecule has 0 N–H and O–H groups in total. The molecule has 31 heavy (non-hydrogen) atoms. The fraction of sp³-hybridized carbons (Fsp3) is 0.318. The van der Waals surface area contributed by atoms with E-state index >= 15 is 0 Å². The van der Waals surface area contributed by atoms with E-state index in [1.165, 1.54) is 28.6 Å². The van der Waals surface area contributed by atoms with Gasteiger partial charge in [-0.1, -0.05) is 41.6 Å². The van der Waals surface area contributed by atoms with E-state index in [2.05, 4.69) is 19.9 Å². The molecule has 2 aliphatic heterocycles. The quantitative estimate of drug-likeness (QED) is 0.589. The van der Waals surface area contributed by atoms with E-state index in [4.69, 9.17) is 11.6 Å². The number of halogens is 2. The molecule has 3 heterocycles. The van der Waals surface area contributed by atoms with Crippen LogP contribution in [0.2, 0.25) is 5.02 Å². The number of hydrogen-bond acceptors (Lipinski definition) is 6. The summed E-state index contributed by atoms with van der Waals surface area (Å²) in [6.07, 6.45) is 0. The van der Waals surface area contributed by atoms with Gasteiger partial charge in [0.1, 0.15) is 16.9 Å². The lowest BCUT2D eigenvalue weighted by Crippen LogP contribution is -2.50. The second-order valence-electron chi connectivity index (χ2n) is 7.70. The van der Waals surface area contributed by atoms with Crippen LogP contribution in [-0.2, 0) is 0 Å². The number of nitrogens with zero attached hydrogens (tertiary/aromatic N) is 5. The number of anilines is 1. The zero-order chi connectivity index (χ0) is 21.5. The molecule has 3 aromatic rings. The van der Waals surface area contributed by atoms with Gasteiger partial charge < -0.3 is 4.90 Å². The van der Waals surface area contributed by atoms with Crippen molar-refractivity contribution >= 4 is 35.0 Å². The lowest BCUT2D eigenvalue weighted by molar-refractivity contribution is 0.0830. The zero-order valence-corrected chi connectivity index (χ0v) is 18.5. The molecule has 2 aromatic carbocycles. The maximum absolute atomic E-state index is 13.3. The number of aromatic nitrogens is 3. The van der Waals surface area contributed by atoms with Crippen LogP contribution in [0.15, 0.2) is 53.7 Å². The SMILES string of the molecule is Cc1nc2n(n1)C(=O)C(C(c1ccccc1Cl)N1CCN(c3ccc(F)cc3)CC1)S2. The van der Waals surface area contributed by atoms with Crippen LogP contribution < -0.4 is 4.90 Å². The first kappa shape index (κ1) is 20.5. The fourth-order valence-electron chi connectivity index (χ4n) is 4.28. The first-order chi connectivity index (χ1) is 15.0. The highest BCUT2D eigenvalue weighted by molar-refractivity contribution is 8.00. The van der Waals surface area contributed by atoms with Crippen molar-refractivity contribution in [3.8, 4) is 0 Å². The molecular formula is C22H21ClFN5OS. The molecule has 160 valence electrons. The van der Waals surface area contributed by atoms with E-state index in [9.17, 15) is 9.18 Å². The highest BCUT2D eigenvalue weighted by Crippen LogP contribution is 2.43. The summed E-state index contributed by atoms with van der Waals surface area (Å²) in [7, 11) is 0. The molecule has 0 radical (unpaired) electrons. The van der Waals surface area contributed by atoms with Gasteiger partial charge in [0, 0.05) is 36.9 Å². The summed E-state index contributed by atoms with van der Waals surface area (Å²) in [5.41, 5.74) is 1.94. The van der Waals surface area contributed by atoms with Crippen LogP contribution in [0.5, 0.6) is 0 Å². The Hall–Kier alpha value is -2.42. The van der Waals surface area contributed by atoms with Gasteiger partial charge in [-0.15, -0.1) is 5.10 Å². The normalized spacial score (nSPS) is 20.2. The molecule has 0 saturated carbocycles. The van der Waals surface area contributed by atoms with Crippen LogP contribution in [0, 0.1) is 12.7 Å². The molecular weight excluding hydrogens is 437 g/mol. The van der Waals surface area contributed by atoms with Crippen molar-refractivity contribution in [1.29, 1.82) is 0 Å². The van der Waals surface area contributed by atoms with Crippen LogP contribution >= 0.6 is 23.4 Å². The maximum Gasteiger partial charge on any atom is 0.264 e. The molecule has 6 nitrogen and oxygen atoms in total. The Kier molecular flexibility index (Phi) is 5.45. The van der Waals surface area contributed by atoms with E-state index in [0.29, 0.717) is 16.0 Å². The number of benzene rings is 2. The Morgan fingerprint density at radius 2 is 1.81 bits per heavy atom. The fourth-order valence-corrected chi connectivity index (χ4v) is 5.81. The summed E-state index contributed by atoms with van der Waals surface area (Å²) in [6, 6.07) is 14.1. The Bertz CT molecular complexity index is 1110. The van der Waals surface area contributed by atoms with Crippen molar-refractivity contribution in [1.82, 2.24) is 19.7 Å². The van der Waals surface area contributed by atoms with E-state index in [1.54, 1.807) is 19.1 Å². The number of carbonyl (C=O) groups excluding carboxylic acids is 1. The molecule has 1 saturated heterocycles. The van der Waals surface area contributed by atoms with Gasteiger partial charge in [-0.2, -0.15) is 4.68 Å². The molecule has 1 aromatic heterocycles. The van der Waals surface area contributed by atoms with Gasteiger partial charge in [0.25, 0.3) is 5.91 Å². The largest absolute Gasteiger partial charge is 0.369 e. The standard InChI is InChI=1S/C22H21ClFN5OS/c1-14-25-22-29(26-14)21(30)20(31-22)19(17-4-2-3-5-18(17)23)28-12-10-27(11-13-28)16-8-6-15(24)7-9-16/h2-9,19-20H,10-13H2,1H3. The van der Waals surface area contributed by atoms with E-state index < -0.39 is 0 Å². The third-order valence-electron chi connectivity index (χ3n) is 5.78. The van der Waals surface area contributed by atoms with E-state index in [1.807, 2.05) is 24.3 Å². The van der Waals surface area contributed by atoms with Crippen LogP contribution in [-0.4, -0.2) is 57.0 Å². The first-order valence-electron chi connectivity index (χ1n) is 10.1. The number of piperazine rings is 1. The molecule has 5 rings (SSSR count). The van der Waals surface area contributed by atoms with Gasteiger partial charge in [0.05, 0.1) is 6.04 Å². The molecule has 0 bridgehead atoms. The Morgan fingerprint density at radius 1 is 1.10 bits per heavy atom. The molecule has 2 aliphatic rings. The van der Waals surface area contributed by atoms with Crippen LogP contribution in [0.4, 0.5) is 10.1 Å². The lowest BCUT2D eigenvalue weighted by Gasteiger charge is -2.41. The second kappa shape index (κ2) is 8.26. The number of fused-ring (bicyclic) bond motifs is 1. The zero-order valence-electron chi connectivity index (χ0n) is 16.9. The summed E-state index contributed by atoms with van der Waals surface area (Å²) in [5.74, 6) is 0.294. The topological polar surface area (TPSA) is 54.3 Å². The predicted molar refractivity (Wildman–Crippen MR) is 119 cm³/mol. The Labute approximate surface area is 189 Å². The monoisotopic (exact) mass is 457 g/mol. The number of carbonyl (C=O) groups is 1. The average Bonchev–Trinajstić information content (AvgIpc) is 3.28. The van der Waals surface area contributed by atoms with Crippen LogP contribution in [0.25, 0.3) is 0 Å². The molecule has 2 atom stereocenters. The molecule has 0 aliphatic carbocycles. The van der Waals surface area contributed by atoms with Crippen LogP contribution in [0.3, 0.4) is 0 Å². The van der Waals surface area contributed by atoms with Crippen molar-refractivity contribution in [2.75, 3.05) is 31.1 Å². The van der Waals surface area contributed by atoms with Gasteiger partial charge in [-0.3, -0.25) is 9.69 Å². The van der Waals surface area contributed by atoms with Crippen molar-refractivity contribution in [3.63, 3.8) is 0 Å². The minimum Gasteiger partial charge on any atom is -0.369 e. The van der Waals surface area contributed by atoms with E-state index in [-0.39, 0.29) is 23.0 Å². The molecule has 0 amide bonds. The summed E-state index contributed by atoms with van der Waals surface area (Å²) >= 11 is 8.04. The van der Waals surface area contributed by atoms with Gasteiger partial charge in [-0.05, 0) is 42.8 Å². The van der Waals surface area contributed by atoms with Crippen molar-refractivity contribution in [2.45, 2.75) is 23.4 Å². The summed E-state index contributed by atoms with van der Waals surface area (Å²) in [4.78, 5) is 22.2. The minimum atomic E-state index is -0.368. The number of aryl methyl sites for hydroxylation is 1. The van der Waals surface area contributed by atoms with Crippen molar-refractivity contribution in [3.05, 3.63) is 70.8 Å². The number of thioether (sulfide) groups is 1. The maximum atomic E-state index is 13.3. The summed E-state index contributed by atoms with van der Waals surface area (Å²) in [6.45, 7) is 4.85. The summed E-state index contributed by atoms with van der Waals surface area (Å²) < 4.78 is 14.7. The third kappa shape index (κ3) is 3.84. The summed E-state index contributed by atoms with van der Waals surface area (Å²) in [5, 5.41) is 5.18. The second-order valence-corrected chi connectivity index (χ2v) is 9.21. The van der Waals surface area contributed by atoms with Gasteiger partial charge in [-0.25, -0.2) is 9.37 Å². The smallest absolute Gasteiger partial charge is 0.264 e. The molecule has 1 fully saturated rings.